The lowest BCUT2D eigenvalue weighted by atomic mass is 9.96. The summed E-state index contributed by atoms with van der Waals surface area (Å²) in [7, 11) is -2.93. The molecule has 2 rings (SSSR count). The molecule has 2 heterocycles. The van der Waals surface area contributed by atoms with Crippen LogP contribution in [-0.4, -0.2) is 53.7 Å². The van der Waals surface area contributed by atoms with Crippen LogP contribution in [0.5, 0.6) is 0 Å². The maximum absolute atomic E-state index is 12.0. The van der Waals surface area contributed by atoms with Crippen molar-refractivity contribution in [3.8, 4) is 0 Å². The molecular weight excluding hydrogens is 284 g/mol. The maximum atomic E-state index is 12.0. The van der Waals surface area contributed by atoms with E-state index in [9.17, 15) is 13.2 Å². The number of amidine groups is 1. The zero-order valence-corrected chi connectivity index (χ0v) is 13.3. The molecular formula is C12H20N2O3S2. The molecule has 0 radical (unpaired) electrons. The molecule has 0 bridgehead atoms. The highest BCUT2D eigenvalue weighted by atomic mass is 32.2. The monoisotopic (exact) mass is 304 g/mol. The lowest BCUT2D eigenvalue weighted by Gasteiger charge is -2.23. The minimum absolute atomic E-state index is 0.0217. The van der Waals surface area contributed by atoms with Gasteiger partial charge in [0.15, 0.2) is 15.0 Å². The molecule has 0 aromatic heterocycles. The van der Waals surface area contributed by atoms with E-state index in [4.69, 9.17) is 0 Å². The van der Waals surface area contributed by atoms with E-state index < -0.39 is 15.3 Å². The highest BCUT2D eigenvalue weighted by molar-refractivity contribution is 8.15. The van der Waals surface area contributed by atoms with E-state index in [0.29, 0.717) is 11.7 Å². The fourth-order valence-corrected chi connectivity index (χ4v) is 6.27. The maximum Gasteiger partial charge on any atom is 0.253 e. The number of carbonyl (C=O) groups is 1. The van der Waals surface area contributed by atoms with Gasteiger partial charge in [-0.05, 0) is 6.92 Å². The molecule has 2 aliphatic rings. The van der Waals surface area contributed by atoms with Gasteiger partial charge in [0.25, 0.3) is 5.91 Å². The zero-order chi connectivity index (χ0) is 14.4. The van der Waals surface area contributed by atoms with Crippen LogP contribution in [0.3, 0.4) is 0 Å². The third-order valence-electron chi connectivity index (χ3n) is 3.35. The van der Waals surface area contributed by atoms with Gasteiger partial charge in [-0.25, -0.2) is 8.42 Å². The summed E-state index contributed by atoms with van der Waals surface area (Å²) in [6.07, 6.45) is 0. The normalized spacial score (nSPS) is 31.8. The predicted octanol–water partition coefficient (Wildman–Crippen LogP) is 1.15. The minimum Gasteiger partial charge on any atom is -0.346 e. The molecule has 2 aliphatic heterocycles. The van der Waals surface area contributed by atoms with E-state index in [1.165, 1.54) is 11.8 Å². The van der Waals surface area contributed by atoms with Crippen LogP contribution in [0.2, 0.25) is 0 Å². The van der Waals surface area contributed by atoms with Crippen LogP contribution < -0.4 is 0 Å². The molecule has 0 aromatic carbocycles. The van der Waals surface area contributed by atoms with E-state index in [-0.39, 0.29) is 28.7 Å². The predicted molar refractivity (Wildman–Crippen MR) is 78.1 cm³/mol. The van der Waals surface area contributed by atoms with E-state index in [1.807, 2.05) is 32.6 Å². The van der Waals surface area contributed by atoms with Crippen LogP contribution in [0.15, 0.2) is 4.99 Å². The van der Waals surface area contributed by atoms with Gasteiger partial charge < -0.3 is 4.90 Å². The Hall–Kier alpha value is -0.560. The molecule has 108 valence electrons. The van der Waals surface area contributed by atoms with Crippen LogP contribution in [0.25, 0.3) is 0 Å². The fourth-order valence-electron chi connectivity index (χ4n) is 2.26. The Labute approximate surface area is 118 Å². The first-order chi connectivity index (χ1) is 8.64. The van der Waals surface area contributed by atoms with Crippen molar-refractivity contribution in [2.45, 2.75) is 39.0 Å². The second-order valence-electron chi connectivity index (χ2n) is 6.04. The topological polar surface area (TPSA) is 66.8 Å². The quantitative estimate of drug-likeness (QED) is 0.727. The van der Waals surface area contributed by atoms with Crippen LogP contribution in [0.1, 0.15) is 27.7 Å². The van der Waals surface area contributed by atoms with Crippen molar-refractivity contribution in [2.24, 2.45) is 10.4 Å². The summed E-state index contributed by atoms with van der Waals surface area (Å²) in [5.41, 5.74) is -0.503. The van der Waals surface area contributed by atoms with Gasteiger partial charge >= 0.3 is 0 Å². The first-order valence-electron chi connectivity index (χ1n) is 6.41. The molecule has 0 aliphatic carbocycles. The molecule has 19 heavy (non-hydrogen) atoms. The van der Waals surface area contributed by atoms with Gasteiger partial charge in [-0.1, -0.05) is 32.5 Å². The summed E-state index contributed by atoms with van der Waals surface area (Å²) in [4.78, 5) is 18.1. The van der Waals surface area contributed by atoms with Crippen molar-refractivity contribution in [3.63, 3.8) is 0 Å². The highest BCUT2D eigenvalue weighted by Crippen LogP contribution is 2.38. The molecule has 0 saturated carbocycles. The number of sulfone groups is 1. The fraction of sp³-hybridized carbons (Fsp3) is 0.833. The van der Waals surface area contributed by atoms with E-state index >= 15 is 0 Å². The Balaban J connectivity index is 2.23. The SMILES string of the molecule is CCN1C(=NC(=O)C(C)(C)C)S[C@H]2CS(=O)(=O)C[C@@H]21. The standard InChI is InChI=1S/C12H20N2O3S2/c1-5-14-8-6-19(16,17)7-9(8)18-11(14)13-10(15)12(2,3)4/h8-9H,5-7H2,1-4H3/t8-,9-/m0/s1. The van der Waals surface area contributed by atoms with Crippen molar-refractivity contribution in [1.82, 2.24) is 4.90 Å². The van der Waals surface area contributed by atoms with Crippen molar-refractivity contribution in [2.75, 3.05) is 18.1 Å². The van der Waals surface area contributed by atoms with Crippen molar-refractivity contribution >= 4 is 32.7 Å². The lowest BCUT2D eigenvalue weighted by Crippen LogP contribution is -2.37. The summed E-state index contributed by atoms with van der Waals surface area (Å²) in [6.45, 7) is 8.15. The Bertz CT molecular complexity index is 520. The molecule has 1 amide bonds. The number of rotatable bonds is 1. The molecule has 0 spiro atoms. The number of hydrogen-bond acceptors (Lipinski definition) is 4. The molecule has 0 N–H and O–H groups in total. The van der Waals surface area contributed by atoms with E-state index in [0.717, 1.165) is 0 Å². The van der Waals surface area contributed by atoms with E-state index in [2.05, 4.69) is 4.99 Å². The van der Waals surface area contributed by atoms with Crippen LogP contribution >= 0.6 is 11.8 Å². The average molecular weight is 304 g/mol. The number of carbonyl (C=O) groups excluding carboxylic acids is 1. The molecule has 0 unspecified atom stereocenters. The second-order valence-corrected chi connectivity index (χ2v) is 9.40. The first-order valence-corrected chi connectivity index (χ1v) is 9.11. The molecule has 0 aromatic rings. The number of fused-ring (bicyclic) bond motifs is 1. The van der Waals surface area contributed by atoms with Crippen LogP contribution in [-0.2, 0) is 14.6 Å². The van der Waals surface area contributed by atoms with Gasteiger partial charge in [0.2, 0.25) is 0 Å². The minimum atomic E-state index is -2.93. The number of aliphatic imine (C=N–C) groups is 1. The highest BCUT2D eigenvalue weighted by Gasteiger charge is 2.48. The molecule has 2 atom stereocenters. The molecule has 2 saturated heterocycles. The van der Waals surface area contributed by atoms with Crippen LogP contribution in [0.4, 0.5) is 0 Å². The summed E-state index contributed by atoms with van der Waals surface area (Å²) in [5.74, 6) is 0.222. The van der Waals surface area contributed by atoms with Gasteiger partial charge in [-0.2, -0.15) is 4.99 Å². The third kappa shape index (κ3) is 2.97. The summed E-state index contributed by atoms with van der Waals surface area (Å²) in [5, 5.41) is 0.712. The average Bonchev–Trinajstić information content (AvgIpc) is 2.67. The smallest absolute Gasteiger partial charge is 0.253 e. The summed E-state index contributed by atoms with van der Waals surface area (Å²) in [6, 6.07) is -0.0217. The van der Waals surface area contributed by atoms with Crippen molar-refractivity contribution < 1.29 is 13.2 Å². The van der Waals surface area contributed by atoms with E-state index in [1.54, 1.807) is 0 Å². The van der Waals surface area contributed by atoms with Gasteiger partial charge in [0.1, 0.15) is 0 Å². The Morgan fingerprint density at radius 3 is 2.58 bits per heavy atom. The Morgan fingerprint density at radius 1 is 1.42 bits per heavy atom. The zero-order valence-electron chi connectivity index (χ0n) is 11.7. The summed E-state index contributed by atoms with van der Waals surface area (Å²) >= 11 is 1.44. The summed E-state index contributed by atoms with van der Waals surface area (Å²) < 4.78 is 23.3. The number of hydrogen-bond donors (Lipinski definition) is 0. The molecule has 7 heteroatoms. The Morgan fingerprint density at radius 2 is 2.05 bits per heavy atom. The number of amides is 1. The first kappa shape index (κ1) is 14.8. The molecule has 5 nitrogen and oxygen atoms in total. The van der Waals surface area contributed by atoms with Gasteiger partial charge in [0.05, 0.1) is 17.5 Å². The largest absolute Gasteiger partial charge is 0.346 e. The van der Waals surface area contributed by atoms with Crippen molar-refractivity contribution in [1.29, 1.82) is 0 Å². The molecule has 2 fully saturated rings. The second kappa shape index (κ2) is 4.77. The number of thioether (sulfide) groups is 1. The van der Waals surface area contributed by atoms with Gasteiger partial charge in [0, 0.05) is 17.2 Å². The lowest BCUT2D eigenvalue weighted by molar-refractivity contribution is -0.124. The van der Waals surface area contributed by atoms with Crippen LogP contribution in [0, 0.1) is 5.41 Å². The number of nitrogens with zero attached hydrogens (tertiary/aromatic N) is 2. The Kier molecular flexibility index (Phi) is 3.72. The van der Waals surface area contributed by atoms with Gasteiger partial charge in [-0.3, -0.25) is 4.79 Å². The van der Waals surface area contributed by atoms with Gasteiger partial charge in [-0.15, -0.1) is 0 Å². The van der Waals surface area contributed by atoms with Crippen molar-refractivity contribution in [3.05, 3.63) is 0 Å². The third-order valence-corrected chi connectivity index (χ3v) is 6.60.